The zero-order valence-corrected chi connectivity index (χ0v) is 17.4. The molecule has 31 heavy (non-hydrogen) atoms. The topological polar surface area (TPSA) is 59.4 Å². The lowest BCUT2D eigenvalue weighted by Crippen LogP contribution is -2.30. The molecule has 3 rings (SSSR count). The first-order chi connectivity index (χ1) is 14.6. The van der Waals surface area contributed by atoms with Crippen LogP contribution >= 0.6 is 0 Å². The number of anilines is 1. The SMILES string of the molecule is Cc1nn(-c2ccccc2)c(C)c1NC(=O)CN(C)Cc1ccccc1OC(F)(F)F. The van der Waals surface area contributed by atoms with Gasteiger partial charge >= 0.3 is 6.36 Å². The van der Waals surface area contributed by atoms with Crippen LogP contribution in [0.4, 0.5) is 18.9 Å². The smallest absolute Gasteiger partial charge is 0.405 e. The van der Waals surface area contributed by atoms with Gasteiger partial charge in [0, 0.05) is 12.1 Å². The number of aromatic nitrogens is 2. The Kier molecular flexibility index (Phi) is 6.65. The fraction of sp³-hybridized carbons (Fsp3) is 0.273. The number of halogens is 3. The van der Waals surface area contributed by atoms with Crippen LogP contribution in [0.1, 0.15) is 17.0 Å². The second kappa shape index (κ2) is 9.22. The minimum Gasteiger partial charge on any atom is -0.405 e. The number of nitrogens with one attached hydrogen (secondary N) is 1. The van der Waals surface area contributed by atoms with Crippen molar-refractivity contribution < 1.29 is 22.7 Å². The number of aryl methyl sites for hydroxylation is 1. The van der Waals surface area contributed by atoms with E-state index in [0.717, 1.165) is 11.4 Å². The molecule has 0 aliphatic carbocycles. The van der Waals surface area contributed by atoms with Crippen LogP contribution in [0.15, 0.2) is 54.6 Å². The maximum absolute atomic E-state index is 12.6. The fourth-order valence-electron chi connectivity index (χ4n) is 3.27. The number of hydrogen-bond acceptors (Lipinski definition) is 4. The zero-order chi connectivity index (χ0) is 22.6. The first-order valence-corrected chi connectivity index (χ1v) is 9.57. The fourth-order valence-corrected chi connectivity index (χ4v) is 3.27. The number of ether oxygens (including phenoxy) is 1. The summed E-state index contributed by atoms with van der Waals surface area (Å²) in [6, 6.07) is 15.4. The summed E-state index contributed by atoms with van der Waals surface area (Å²) < 4.78 is 43.6. The van der Waals surface area contributed by atoms with Crippen molar-refractivity contribution in [3.63, 3.8) is 0 Å². The molecule has 1 aromatic heterocycles. The molecule has 0 aliphatic rings. The molecular formula is C22H23F3N4O2. The first kappa shape index (κ1) is 22.4. The van der Waals surface area contributed by atoms with Crippen LogP contribution in [0.5, 0.6) is 5.75 Å². The minimum atomic E-state index is -4.78. The highest BCUT2D eigenvalue weighted by Crippen LogP contribution is 2.27. The molecule has 6 nitrogen and oxygen atoms in total. The Hall–Kier alpha value is -3.33. The van der Waals surface area contributed by atoms with Gasteiger partial charge in [-0.1, -0.05) is 36.4 Å². The van der Waals surface area contributed by atoms with E-state index in [2.05, 4.69) is 15.2 Å². The van der Waals surface area contributed by atoms with Gasteiger partial charge in [-0.2, -0.15) is 5.10 Å². The van der Waals surface area contributed by atoms with Gasteiger partial charge in [-0.25, -0.2) is 4.68 Å². The molecule has 0 saturated heterocycles. The maximum atomic E-state index is 12.6. The molecule has 0 aliphatic heterocycles. The molecule has 9 heteroatoms. The van der Waals surface area contributed by atoms with E-state index in [4.69, 9.17) is 0 Å². The molecule has 0 atom stereocenters. The molecule has 1 heterocycles. The van der Waals surface area contributed by atoms with Gasteiger partial charge < -0.3 is 10.1 Å². The quantitative estimate of drug-likeness (QED) is 0.599. The third-order valence-electron chi connectivity index (χ3n) is 4.61. The molecule has 0 unspecified atom stereocenters. The number of likely N-dealkylation sites (N-methyl/N-ethyl adjacent to an activating group) is 1. The first-order valence-electron chi connectivity index (χ1n) is 9.57. The van der Waals surface area contributed by atoms with Crippen LogP contribution in [-0.4, -0.2) is 40.5 Å². The highest BCUT2D eigenvalue weighted by atomic mass is 19.4. The number of para-hydroxylation sites is 2. The lowest BCUT2D eigenvalue weighted by atomic mass is 10.2. The Labute approximate surface area is 178 Å². The van der Waals surface area contributed by atoms with Crippen LogP contribution in [0.2, 0.25) is 0 Å². The molecule has 0 bridgehead atoms. The van der Waals surface area contributed by atoms with Crippen molar-refractivity contribution in [1.29, 1.82) is 0 Å². The molecule has 0 radical (unpaired) electrons. The Morgan fingerprint density at radius 2 is 1.74 bits per heavy atom. The minimum absolute atomic E-state index is 0.0181. The average molecular weight is 432 g/mol. The summed E-state index contributed by atoms with van der Waals surface area (Å²) in [6.45, 7) is 3.75. The highest BCUT2D eigenvalue weighted by Gasteiger charge is 2.32. The largest absolute Gasteiger partial charge is 0.573 e. The third-order valence-corrected chi connectivity index (χ3v) is 4.61. The van der Waals surface area contributed by atoms with Crippen LogP contribution in [0.3, 0.4) is 0 Å². The summed E-state index contributed by atoms with van der Waals surface area (Å²) in [5.41, 5.74) is 3.27. The number of hydrogen-bond donors (Lipinski definition) is 1. The summed E-state index contributed by atoms with van der Waals surface area (Å²) in [7, 11) is 1.65. The number of amides is 1. The molecule has 3 aromatic rings. The van der Waals surface area contributed by atoms with Crippen molar-refractivity contribution in [1.82, 2.24) is 14.7 Å². The van der Waals surface area contributed by atoms with E-state index in [1.807, 2.05) is 37.3 Å². The number of carbonyl (C=O) groups excluding carboxylic acids is 1. The van der Waals surface area contributed by atoms with Crippen molar-refractivity contribution in [2.45, 2.75) is 26.8 Å². The number of alkyl halides is 3. The molecular weight excluding hydrogens is 409 g/mol. The summed E-state index contributed by atoms with van der Waals surface area (Å²) >= 11 is 0. The monoisotopic (exact) mass is 432 g/mol. The van der Waals surface area contributed by atoms with E-state index < -0.39 is 6.36 Å². The van der Waals surface area contributed by atoms with E-state index in [9.17, 15) is 18.0 Å². The van der Waals surface area contributed by atoms with Gasteiger partial charge in [0.25, 0.3) is 0 Å². The molecule has 1 amide bonds. The van der Waals surface area contributed by atoms with E-state index in [1.165, 1.54) is 18.2 Å². The molecule has 2 aromatic carbocycles. The van der Waals surface area contributed by atoms with Crippen molar-refractivity contribution >= 4 is 11.6 Å². The van der Waals surface area contributed by atoms with Crippen LogP contribution in [-0.2, 0) is 11.3 Å². The lowest BCUT2D eigenvalue weighted by Gasteiger charge is -2.19. The van der Waals surface area contributed by atoms with Crippen molar-refractivity contribution in [2.75, 3.05) is 18.9 Å². The van der Waals surface area contributed by atoms with E-state index >= 15 is 0 Å². The Balaban J connectivity index is 1.67. The third kappa shape index (κ3) is 5.85. The van der Waals surface area contributed by atoms with Gasteiger partial charge in [-0.3, -0.25) is 9.69 Å². The normalized spacial score (nSPS) is 11.6. The van der Waals surface area contributed by atoms with Crippen LogP contribution < -0.4 is 10.1 Å². The molecule has 0 spiro atoms. The lowest BCUT2D eigenvalue weighted by molar-refractivity contribution is -0.275. The van der Waals surface area contributed by atoms with E-state index in [-0.39, 0.29) is 24.7 Å². The van der Waals surface area contributed by atoms with Crippen LogP contribution in [0, 0.1) is 13.8 Å². The summed E-state index contributed by atoms with van der Waals surface area (Å²) in [4.78, 5) is 14.2. The molecule has 0 fully saturated rings. The number of nitrogens with zero attached hydrogens (tertiary/aromatic N) is 3. The predicted molar refractivity (Wildman–Crippen MR) is 111 cm³/mol. The highest BCUT2D eigenvalue weighted by molar-refractivity contribution is 5.93. The number of benzene rings is 2. The number of carbonyl (C=O) groups is 1. The summed E-state index contributed by atoms with van der Waals surface area (Å²) in [5.74, 6) is -0.575. The average Bonchev–Trinajstić information content (AvgIpc) is 2.97. The van der Waals surface area contributed by atoms with Gasteiger partial charge in [0.2, 0.25) is 5.91 Å². The Morgan fingerprint density at radius 3 is 2.42 bits per heavy atom. The van der Waals surface area contributed by atoms with E-state index in [1.54, 1.807) is 29.6 Å². The van der Waals surface area contributed by atoms with Gasteiger partial charge in [-0.05, 0) is 39.1 Å². The standard InChI is InChI=1S/C22H23F3N4O2/c1-15-21(16(2)29(27-15)18-10-5-4-6-11-18)26-20(30)14-28(3)13-17-9-7-8-12-19(17)31-22(23,24)25/h4-12H,13-14H2,1-3H3,(H,26,30). The second-order valence-electron chi connectivity index (χ2n) is 7.17. The Bertz CT molecular complexity index is 1050. The van der Waals surface area contributed by atoms with Crippen LogP contribution in [0.25, 0.3) is 5.69 Å². The molecule has 0 saturated carbocycles. The van der Waals surface area contributed by atoms with Crippen molar-refractivity contribution in [2.24, 2.45) is 0 Å². The van der Waals surface area contributed by atoms with Crippen molar-refractivity contribution in [3.05, 3.63) is 71.5 Å². The summed E-state index contributed by atoms with van der Waals surface area (Å²) in [5, 5.41) is 7.35. The van der Waals surface area contributed by atoms with Gasteiger partial charge in [0.05, 0.1) is 29.3 Å². The Morgan fingerprint density at radius 1 is 1.10 bits per heavy atom. The predicted octanol–water partition coefficient (Wildman–Crippen LogP) is 4.46. The van der Waals surface area contributed by atoms with E-state index in [0.29, 0.717) is 16.9 Å². The zero-order valence-electron chi connectivity index (χ0n) is 17.4. The molecule has 1 N–H and O–H groups in total. The van der Waals surface area contributed by atoms with Gasteiger partial charge in [0.15, 0.2) is 0 Å². The maximum Gasteiger partial charge on any atom is 0.573 e. The molecule has 164 valence electrons. The number of rotatable bonds is 7. The summed E-state index contributed by atoms with van der Waals surface area (Å²) in [6.07, 6.45) is -4.78. The van der Waals surface area contributed by atoms with Gasteiger partial charge in [0.1, 0.15) is 5.75 Å². The van der Waals surface area contributed by atoms with Gasteiger partial charge in [-0.15, -0.1) is 13.2 Å². The van der Waals surface area contributed by atoms with Crippen molar-refractivity contribution in [3.8, 4) is 11.4 Å². The second-order valence-corrected chi connectivity index (χ2v) is 7.17.